The molecule has 1 heterocycles. The Hall–Kier alpha value is -3.77. The molecule has 6 nitrogen and oxygen atoms in total. The van der Waals surface area contributed by atoms with Crippen LogP contribution in [0.5, 0.6) is 17.2 Å². The summed E-state index contributed by atoms with van der Waals surface area (Å²) in [4.78, 5) is 16.4. The van der Waals surface area contributed by atoms with Gasteiger partial charge in [-0.05, 0) is 54.1 Å². The number of carbonyl (C=O) groups is 1. The predicted octanol–water partition coefficient (Wildman–Crippen LogP) is 4.67. The number of rotatable bonds is 6. The molecule has 0 aliphatic carbocycles. The van der Waals surface area contributed by atoms with E-state index in [1.807, 2.05) is 54.6 Å². The van der Waals surface area contributed by atoms with E-state index < -0.39 is 5.97 Å². The van der Waals surface area contributed by atoms with Crippen LogP contribution in [0, 0.1) is 0 Å². The van der Waals surface area contributed by atoms with Gasteiger partial charge in [0.05, 0.1) is 5.56 Å². The van der Waals surface area contributed by atoms with Gasteiger partial charge in [-0.3, -0.25) is 4.84 Å². The van der Waals surface area contributed by atoms with E-state index in [4.69, 9.17) is 19.4 Å². The van der Waals surface area contributed by atoms with Crippen LogP contribution in [0.1, 0.15) is 22.0 Å². The van der Waals surface area contributed by atoms with Crippen LogP contribution in [0.4, 0.5) is 0 Å². The first-order valence-corrected chi connectivity index (χ1v) is 8.65. The number of hydroxylamine groups is 1. The van der Waals surface area contributed by atoms with Crippen LogP contribution in [-0.4, -0.2) is 11.1 Å². The highest BCUT2D eigenvalue weighted by atomic mass is 16.7. The van der Waals surface area contributed by atoms with Gasteiger partial charge in [0, 0.05) is 6.08 Å². The number of hydrogen-bond donors (Lipinski definition) is 2. The minimum absolute atomic E-state index is 0.202. The third-order valence-corrected chi connectivity index (χ3v) is 4.11. The maximum absolute atomic E-state index is 10.9. The Bertz CT molecular complexity index is 982. The summed E-state index contributed by atoms with van der Waals surface area (Å²) in [6.45, 7) is 0. The molecule has 0 bridgehead atoms. The molecule has 6 heteroatoms. The highest BCUT2D eigenvalue weighted by molar-refractivity contribution is 5.87. The summed E-state index contributed by atoms with van der Waals surface area (Å²) in [6.07, 6.45) is 1.50. The number of para-hydroxylation sites is 1. The molecule has 0 amide bonds. The van der Waals surface area contributed by atoms with Gasteiger partial charge in [-0.15, -0.1) is 0 Å². The van der Waals surface area contributed by atoms with E-state index in [-0.39, 0.29) is 11.7 Å². The molecule has 4 rings (SSSR count). The maximum Gasteiger partial charge on any atom is 0.335 e. The summed E-state index contributed by atoms with van der Waals surface area (Å²) >= 11 is 0. The number of ether oxygens (including phenoxy) is 2. The first kappa shape index (κ1) is 17.6. The first-order valence-electron chi connectivity index (χ1n) is 8.65. The van der Waals surface area contributed by atoms with Crippen LogP contribution < -0.4 is 15.0 Å². The summed E-state index contributed by atoms with van der Waals surface area (Å²) < 4.78 is 11.5. The molecule has 3 aromatic rings. The number of carboxylic acids is 1. The lowest BCUT2D eigenvalue weighted by Crippen LogP contribution is -2.12. The van der Waals surface area contributed by atoms with Crippen LogP contribution in [-0.2, 0) is 4.84 Å². The fourth-order valence-corrected chi connectivity index (χ4v) is 2.69. The van der Waals surface area contributed by atoms with Crippen LogP contribution in [0.15, 0.2) is 90.8 Å². The van der Waals surface area contributed by atoms with Crippen molar-refractivity contribution in [3.63, 3.8) is 0 Å². The van der Waals surface area contributed by atoms with Gasteiger partial charge in [0.15, 0.2) is 0 Å². The van der Waals surface area contributed by atoms with Gasteiger partial charge in [0.2, 0.25) is 5.88 Å². The quantitative estimate of drug-likeness (QED) is 0.652. The van der Waals surface area contributed by atoms with Crippen LogP contribution in [0.2, 0.25) is 0 Å². The maximum atomic E-state index is 10.9. The van der Waals surface area contributed by atoms with E-state index in [1.165, 1.54) is 12.1 Å². The van der Waals surface area contributed by atoms with Crippen LogP contribution in [0.3, 0.4) is 0 Å². The fourth-order valence-electron chi connectivity index (χ4n) is 2.69. The highest BCUT2D eigenvalue weighted by Crippen LogP contribution is 2.28. The smallest absolute Gasteiger partial charge is 0.335 e. The fraction of sp³-hybridized carbons (Fsp3) is 0.0455. The minimum Gasteiger partial charge on any atom is -0.478 e. The Morgan fingerprint density at radius 3 is 2.11 bits per heavy atom. The van der Waals surface area contributed by atoms with E-state index in [0.717, 1.165) is 17.1 Å². The summed E-state index contributed by atoms with van der Waals surface area (Å²) in [5.41, 5.74) is 3.88. The second-order valence-corrected chi connectivity index (χ2v) is 6.09. The number of hydrogen-bond acceptors (Lipinski definition) is 5. The Morgan fingerprint density at radius 1 is 0.821 bits per heavy atom. The average Bonchev–Trinajstić information content (AvgIpc) is 3.18. The molecule has 0 aromatic heterocycles. The minimum atomic E-state index is -0.979. The second kappa shape index (κ2) is 7.85. The highest BCUT2D eigenvalue weighted by Gasteiger charge is 2.20. The number of benzene rings is 3. The molecular formula is C22H17NO5. The van der Waals surface area contributed by atoms with Crippen molar-refractivity contribution in [1.29, 1.82) is 0 Å². The Labute approximate surface area is 161 Å². The standard InChI is InChI=1S/C22H17NO5/c24-22(25)16-8-12-19(13-9-16)27-21-14-20(28-23-21)15-6-10-18(11-7-15)26-17-4-2-1-3-5-17/h1-14,20,23H,(H,24,25). The molecule has 140 valence electrons. The average molecular weight is 375 g/mol. The number of carboxylic acid groups (broad SMARTS) is 1. The lowest BCUT2D eigenvalue weighted by molar-refractivity contribution is 0.0273. The molecule has 1 unspecified atom stereocenters. The molecule has 2 N–H and O–H groups in total. The van der Waals surface area contributed by atoms with E-state index in [0.29, 0.717) is 11.6 Å². The Morgan fingerprint density at radius 2 is 1.43 bits per heavy atom. The summed E-state index contributed by atoms with van der Waals surface area (Å²) in [5, 5.41) is 8.93. The van der Waals surface area contributed by atoms with Crippen molar-refractivity contribution in [2.75, 3.05) is 0 Å². The van der Waals surface area contributed by atoms with Crippen LogP contribution in [0.25, 0.3) is 0 Å². The zero-order valence-electron chi connectivity index (χ0n) is 14.7. The largest absolute Gasteiger partial charge is 0.478 e. The third-order valence-electron chi connectivity index (χ3n) is 4.11. The topological polar surface area (TPSA) is 77.0 Å². The second-order valence-electron chi connectivity index (χ2n) is 6.09. The monoisotopic (exact) mass is 375 g/mol. The molecule has 0 spiro atoms. The van der Waals surface area contributed by atoms with Gasteiger partial charge in [-0.1, -0.05) is 30.3 Å². The molecular weight excluding hydrogens is 358 g/mol. The van der Waals surface area contributed by atoms with Crippen molar-refractivity contribution in [2.45, 2.75) is 6.10 Å². The molecule has 28 heavy (non-hydrogen) atoms. The van der Waals surface area contributed by atoms with Gasteiger partial charge in [-0.25, -0.2) is 10.3 Å². The van der Waals surface area contributed by atoms with Crippen molar-refractivity contribution in [3.8, 4) is 17.2 Å². The predicted molar refractivity (Wildman–Crippen MR) is 102 cm³/mol. The number of nitrogens with one attached hydrogen (secondary N) is 1. The van der Waals surface area contributed by atoms with Gasteiger partial charge in [0.25, 0.3) is 0 Å². The Balaban J connectivity index is 1.40. The molecule has 1 atom stereocenters. The molecule has 0 saturated carbocycles. The number of aromatic carboxylic acids is 1. The van der Waals surface area contributed by atoms with Gasteiger partial charge < -0.3 is 14.6 Å². The normalized spacial score (nSPS) is 15.4. The van der Waals surface area contributed by atoms with Gasteiger partial charge in [-0.2, -0.15) is 0 Å². The van der Waals surface area contributed by atoms with E-state index in [2.05, 4.69) is 5.48 Å². The van der Waals surface area contributed by atoms with E-state index in [1.54, 1.807) is 18.2 Å². The SMILES string of the molecule is O=C(O)c1ccc(OC2=CC(c3ccc(Oc4ccccc4)cc3)ON2)cc1. The Kier molecular flexibility index (Phi) is 4.95. The molecule has 0 radical (unpaired) electrons. The van der Waals surface area contributed by atoms with Crippen molar-refractivity contribution >= 4 is 5.97 Å². The summed E-state index contributed by atoms with van der Waals surface area (Å²) in [5.74, 6) is 1.49. The first-order chi connectivity index (χ1) is 13.7. The molecule has 0 fully saturated rings. The molecule has 0 saturated heterocycles. The van der Waals surface area contributed by atoms with Crippen molar-refractivity contribution in [3.05, 3.63) is 102 Å². The van der Waals surface area contributed by atoms with Crippen molar-refractivity contribution < 1.29 is 24.2 Å². The lowest BCUT2D eigenvalue weighted by atomic mass is 10.1. The summed E-state index contributed by atoms with van der Waals surface area (Å²) in [7, 11) is 0. The third kappa shape index (κ3) is 4.13. The zero-order chi connectivity index (χ0) is 19.3. The summed E-state index contributed by atoms with van der Waals surface area (Å²) in [6, 6.07) is 23.3. The van der Waals surface area contributed by atoms with Gasteiger partial charge in [0.1, 0.15) is 23.4 Å². The van der Waals surface area contributed by atoms with E-state index >= 15 is 0 Å². The molecule has 3 aromatic carbocycles. The molecule has 1 aliphatic rings. The van der Waals surface area contributed by atoms with Crippen molar-refractivity contribution in [2.24, 2.45) is 0 Å². The molecule has 1 aliphatic heterocycles. The van der Waals surface area contributed by atoms with Gasteiger partial charge >= 0.3 is 5.97 Å². The lowest BCUT2D eigenvalue weighted by Gasteiger charge is -2.09. The van der Waals surface area contributed by atoms with E-state index in [9.17, 15) is 4.79 Å². The van der Waals surface area contributed by atoms with Crippen LogP contribution >= 0.6 is 0 Å². The van der Waals surface area contributed by atoms with Crippen molar-refractivity contribution in [1.82, 2.24) is 5.48 Å². The zero-order valence-corrected chi connectivity index (χ0v) is 14.7.